The van der Waals surface area contributed by atoms with Crippen LogP contribution in [0.15, 0.2) is 71.0 Å². The molecule has 5 rings (SSSR count). The van der Waals surface area contributed by atoms with Crippen LogP contribution in [0.4, 0.5) is 0 Å². The summed E-state index contributed by atoms with van der Waals surface area (Å²) in [6, 6.07) is 12.9. The highest BCUT2D eigenvalue weighted by molar-refractivity contribution is 6.28. The normalized spacial score (nSPS) is 21.8. The van der Waals surface area contributed by atoms with Crippen LogP contribution in [0, 0.1) is 0 Å². The third-order valence-corrected chi connectivity index (χ3v) is 5.78. The van der Waals surface area contributed by atoms with Gasteiger partial charge in [-0.15, -0.1) is 0 Å². The van der Waals surface area contributed by atoms with Crippen LogP contribution in [0.2, 0.25) is 0 Å². The topological polar surface area (TPSA) is 64.1 Å². The van der Waals surface area contributed by atoms with Gasteiger partial charge in [-0.2, -0.15) is 0 Å². The average Bonchev–Trinajstić information content (AvgIpc) is 2.71. The molecule has 0 radical (unpaired) electrons. The zero-order valence-electron chi connectivity index (χ0n) is 14.7. The Morgan fingerprint density at radius 1 is 0.852 bits per heavy atom. The summed E-state index contributed by atoms with van der Waals surface area (Å²) >= 11 is 0. The Morgan fingerprint density at radius 2 is 1.67 bits per heavy atom. The molecule has 0 aliphatic heterocycles. The molecule has 0 N–H and O–H groups in total. The van der Waals surface area contributed by atoms with Crippen LogP contribution < -0.4 is 0 Å². The zero-order chi connectivity index (χ0) is 18.5. The molecule has 1 heterocycles. The number of Topliss-reactive ketones (excluding diaryl/α,β-unsaturated/α-hetero) is 3. The number of fused-ring (bicyclic) bond motifs is 1. The van der Waals surface area contributed by atoms with Crippen molar-refractivity contribution in [3.63, 3.8) is 0 Å². The van der Waals surface area contributed by atoms with E-state index in [0.29, 0.717) is 29.6 Å². The highest BCUT2D eigenvalue weighted by Gasteiger charge is 2.44. The summed E-state index contributed by atoms with van der Waals surface area (Å²) in [4.78, 5) is 43.5. The van der Waals surface area contributed by atoms with E-state index in [4.69, 9.17) is 0 Å². The van der Waals surface area contributed by atoms with Crippen molar-refractivity contribution < 1.29 is 14.4 Å². The molecule has 2 aromatic rings. The maximum absolute atomic E-state index is 13.4. The number of ketones is 3. The number of benzene rings is 1. The molecular weight excluding hydrogens is 338 g/mol. The van der Waals surface area contributed by atoms with Crippen LogP contribution in [0.25, 0.3) is 0 Å². The van der Waals surface area contributed by atoms with Crippen molar-refractivity contribution in [2.45, 2.75) is 31.6 Å². The van der Waals surface area contributed by atoms with Gasteiger partial charge in [-0.05, 0) is 37.0 Å². The monoisotopic (exact) mass is 355 g/mol. The minimum absolute atomic E-state index is 0.105. The van der Waals surface area contributed by atoms with E-state index < -0.39 is 5.92 Å². The molecular formula is C23H17NO3. The molecule has 0 fully saturated rings. The standard InChI is InChI=1S/C23H17NO3/c25-17-10-4-8-14-12-16-20(19(18(14)17)13-6-2-1-3-7-13)22(26)15-9-5-11-24-21(15)23(16)27/h1-3,5-7,9,11,19H,4,8,10,12H2. The van der Waals surface area contributed by atoms with Crippen molar-refractivity contribution in [1.29, 1.82) is 0 Å². The molecule has 1 aromatic carbocycles. The first-order valence-corrected chi connectivity index (χ1v) is 9.24. The molecule has 0 bridgehead atoms. The lowest BCUT2D eigenvalue weighted by molar-refractivity contribution is -0.116. The second-order valence-electron chi connectivity index (χ2n) is 7.26. The Morgan fingerprint density at radius 3 is 2.48 bits per heavy atom. The number of hydrogen-bond acceptors (Lipinski definition) is 4. The van der Waals surface area contributed by atoms with Gasteiger partial charge >= 0.3 is 0 Å². The van der Waals surface area contributed by atoms with Crippen LogP contribution in [-0.4, -0.2) is 22.3 Å². The third-order valence-electron chi connectivity index (χ3n) is 5.78. The van der Waals surface area contributed by atoms with E-state index in [1.807, 2.05) is 30.3 Å². The maximum Gasteiger partial charge on any atom is 0.208 e. The Balaban J connectivity index is 1.77. The van der Waals surface area contributed by atoms with Crippen LogP contribution >= 0.6 is 0 Å². The average molecular weight is 355 g/mol. The Kier molecular flexibility index (Phi) is 3.54. The molecule has 0 amide bonds. The molecule has 4 nitrogen and oxygen atoms in total. The number of nitrogens with zero attached hydrogens (tertiary/aromatic N) is 1. The summed E-state index contributed by atoms with van der Waals surface area (Å²) in [5, 5.41) is 0. The quantitative estimate of drug-likeness (QED) is 0.776. The fourth-order valence-corrected chi connectivity index (χ4v) is 4.61. The number of carbonyl (C=O) groups is 3. The van der Waals surface area contributed by atoms with Crippen molar-refractivity contribution in [2.75, 3.05) is 0 Å². The van der Waals surface area contributed by atoms with E-state index in [1.54, 1.807) is 18.3 Å². The van der Waals surface area contributed by atoms with E-state index in [0.717, 1.165) is 29.6 Å². The first-order valence-electron chi connectivity index (χ1n) is 9.24. The summed E-state index contributed by atoms with van der Waals surface area (Å²) in [5.74, 6) is -0.700. The fourth-order valence-electron chi connectivity index (χ4n) is 4.61. The molecule has 132 valence electrons. The SMILES string of the molecule is O=C1CCCC2=C1C(c1ccccc1)C1=C(C2)C(=O)c2ncccc2C1=O. The first kappa shape index (κ1) is 16.1. The highest BCUT2D eigenvalue weighted by atomic mass is 16.1. The molecule has 1 aromatic heterocycles. The van der Waals surface area contributed by atoms with Crippen LogP contribution in [0.3, 0.4) is 0 Å². The van der Waals surface area contributed by atoms with Gasteiger partial charge in [0.15, 0.2) is 11.6 Å². The minimum atomic E-state index is -0.456. The molecule has 3 aliphatic carbocycles. The maximum atomic E-state index is 13.4. The van der Waals surface area contributed by atoms with Gasteiger partial charge in [-0.1, -0.05) is 35.9 Å². The van der Waals surface area contributed by atoms with Gasteiger partial charge in [0.05, 0.1) is 5.56 Å². The smallest absolute Gasteiger partial charge is 0.208 e. The van der Waals surface area contributed by atoms with Gasteiger partial charge in [0, 0.05) is 35.3 Å². The zero-order valence-corrected chi connectivity index (χ0v) is 14.7. The molecule has 1 atom stereocenters. The summed E-state index contributed by atoms with van der Waals surface area (Å²) in [7, 11) is 0. The Bertz CT molecular complexity index is 1080. The summed E-state index contributed by atoms with van der Waals surface area (Å²) in [5.41, 5.74) is 4.21. The van der Waals surface area contributed by atoms with E-state index in [9.17, 15) is 14.4 Å². The Labute approximate surface area is 156 Å². The lowest BCUT2D eigenvalue weighted by Gasteiger charge is -2.36. The summed E-state index contributed by atoms with van der Waals surface area (Å²) in [6.45, 7) is 0. The fraction of sp³-hybridized carbons (Fsp3) is 0.217. The number of allylic oxidation sites excluding steroid dienone is 4. The lowest BCUT2D eigenvalue weighted by atomic mass is 9.65. The van der Waals surface area contributed by atoms with Gasteiger partial charge in [0.2, 0.25) is 5.78 Å². The van der Waals surface area contributed by atoms with Crippen LogP contribution in [0.5, 0.6) is 0 Å². The predicted molar refractivity (Wildman–Crippen MR) is 99.6 cm³/mol. The van der Waals surface area contributed by atoms with Crippen LogP contribution in [0.1, 0.15) is 58.0 Å². The third kappa shape index (κ3) is 2.29. The Hall–Kier alpha value is -3.14. The summed E-state index contributed by atoms with van der Waals surface area (Å²) in [6.07, 6.45) is 4.05. The van der Waals surface area contributed by atoms with Gasteiger partial charge in [-0.3, -0.25) is 19.4 Å². The van der Waals surface area contributed by atoms with Gasteiger partial charge in [0.25, 0.3) is 0 Å². The number of carbonyl (C=O) groups excluding carboxylic acids is 3. The number of pyridine rings is 1. The predicted octanol–water partition coefficient (Wildman–Crippen LogP) is 3.99. The van der Waals surface area contributed by atoms with Crippen LogP contribution in [-0.2, 0) is 4.79 Å². The van der Waals surface area contributed by atoms with Gasteiger partial charge in [-0.25, -0.2) is 0 Å². The van der Waals surface area contributed by atoms with E-state index >= 15 is 0 Å². The molecule has 0 saturated heterocycles. The number of rotatable bonds is 1. The second kappa shape index (κ2) is 5.95. The molecule has 0 saturated carbocycles. The first-order chi connectivity index (χ1) is 13.2. The molecule has 4 heteroatoms. The van der Waals surface area contributed by atoms with E-state index in [1.165, 1.54) is 0 Å². The second-order valence-corrected chi connectivity index (χ2v) is 7.26. The number of aromatic nitrogens is 1. The van der Waals surface area contributed by atoms with E-state index in [2.05, 4.69) is 4.98 Å². The van der Waals surface area contributed by atoms with Crippen molar-refractivity contribution in [1.82, 2.24) is 4.98 Å². The molecule has 1 unspecified atom stereocenters. The number of hydrogen-bond donors (Lipinski definition) is 0. The minimum Gasteiger partial charge on any atom is -0.295 e. The van der Waals surface area contributed by atoms with Crippen molar-refractivity contribution in [3.8, 4) is 0 Å². The van der Waals surface area contributed by atoms with E-state index in [-0.39, 0.29) is 23.0 Å². The summed E-state index contributed by atoms with van der Waals surface area (Å²) < 4.78 is 0. The molecule has 3 aliphatic rings. The van der Waals surface area contributed by atoms with Crippen molar-refractivity contribution >= 4 is 17.3 Å². The van der Waals surface area contributed by atoms with Gasteiger partial charge < -0.3 is 0 Å². The molecule has 27 heavy (non-hydrogen) atoms. The largest absolute Gasteiger partial charge is 0.295 e. The lowest BCUT2D eigenvalue weighted by Crippen LogP contribution is -2.33. The van der Waals surface area contributed by atoms with Gasteiger partial charge in [0.1, 0.15) is 5.69 Å². The molecule has 0 spiro atoms. The van der Waals surface area contributed by atoms with Crippen molar-refractivity contribution in [2.24, 2.45) is 0 Å². The van der Waals surface area contributed by atoms with Crippen molar-refractivity contribution in [3.05, 3.63) is 87.8 Å². The highest BCUT2D eigenvalue weighted by Crippen LogP contribution is 2.48.